The van der Waals surface area contributed by atoms with Gasteiger partial charge >= 0.3 is 0 Å². The van der Waals surface area contributed by atoms with Crippen LogP contribution in [0.2, 0.25) is 0 Å². The van der Waals surface area contributed by atoms with Crippen LogP contribution in [0.3, 0.4) is 0 Å². The fourth-order valence-corrected chi connectivity index (χ4v) is 5.88. The van der Waals surface area contributed by atoms with Crippen molar-refractivity contribution in [3.63, 3.8) is 0 Å². The molecule has 2 aromatic carbocycles. The maximum atomic E-state index is 12.7. The van der Waals surface area contributed by atoms with Gasteiger partial charge in [0.05, 0.1) is 10.2 Å². The van der Waals surface area contributed by atoms with Gasteiger partial charge in [0.15, 0.2) is 5.13 Å². The first kappa shape index (κ1) is 22.0. The van der Waals surface area contributed by atoms with E-state index in [1.54, 1.807) is 5.57 Å². The van der Waals surface area contributed by atoms with E-state index in [2.05, 4.69) is 60.0 Å². The van der Waals surface area contributed by atoms with E-state index in [0.29, 0.717) is 10.7 Å². The van der Waals surface area contributed by atoms with Gasteiger partial charge in [0.25, 0.3) is 5.91 Å². The molecule has 0 aliphatic heterocycles. The fraction of sp³-hybridized carbons (Fsp3) is 0.308. The maximum absolute atomic E-state index is 12.7. The molecule has 1 amide bonds. The van der Waals surface area contributed by atoms with Gasteiger partial charge in [-0.25, -0.2) is 4.98 Å². The number of allylic oxidation sites excluding steroid dienone is 3. The molecule has 1 N–H and O–H groups in total. The minimum absolute atomic E-state index is 0.138. The summed E-state index contributed by atoms with van der Waals surface area (Å²) in [7, 11) is 0. The van der Waals surface area contributed by atoms with Gasteiger partial charge in [0.1, 0.15) is 0 Å². The summed E-state index contributed by atoms with van der Waals surface area (Å²) in [5.41, 5.74) is 7.34. The summed E-state index contributed by atoms with van der Waals surface area (Å²) in [4.78, 5) is 17.2. The predicted molar refractivity (Wildman–Crippen MR) is 136 cm³/mol. The van der Waals surface area contributed by atoms with Crippen LogP contribution in [0, 0.1) is 5.41 Å². The molecule has 0 saturated heterocycles. The third-order valence-corrected chi connectivity index (χ3v) is 7.64. The van der Waals surface area contributed by atoms with Crippen molar-refractivity contribution in [2.24, 2.45) is 5.41 Å². The first-order valence-corrected chi connectivity index (χ1v) is 12.3. The number of anilines is 1. The highest BCUT2D eigenvalue weighted by Gasteiger charge is 2.29. The lowest BCUT2D eigenvalue weighted by atomic mass is 9.70. The summed E-state index contributed by atoms with van der Waals surface area (Å²) in [5.74, 6) is -0.138. The van der Waals surface area contributed by atoms with Gasteiger partial charge in [-0.1, -0.05) is 71.8 Å². The van der Waals surface area contributed by atoms with Crippen LogP contribution >= 0.6 is 27.3 Å². The SMILES string of the molecule is CCC1=C(C)/C(=C/c2ccc(C(=O)Nc3nc4ccc(Br)cc4s3)cc2)CCC1(C)C. The van der Waals surface area contributed by atoms with E-state index in [9.17, 15) is 4.79 Å². The first-order chi connectivity index (χ1) is 14.8. The van der Waals surface area contributed by atoms with Gasteiger partial charge in [0.2, 0.25) is 0 Å². The number of thiazole rings is 1. The third-order valence-electron chi connectivity index (χ3n) is 6.21. The number of rotatable bonds is 4. The van der Waals surface area contributed by atoms with E-state index in [1.165, 1.54) is 28.9 Å². The summed E-state index contributed by atoms with van der Waals surface area (Å²) < 4.78 is 2.04. The second kappa shape index (κ2) is 8.71. The standard InChI is InChI=1S/C26H27BrN2OS/c1-5-21-16(2)19(12-13-26(21,3)4)14-17-6-8-18(9-7-17)24(30)29-25-28-22-11-10-20(27)15-23(22)31-25/h6-11,14-15H,5,12-13H2,1-4H3,(H,28,29,30)/b19-14+. The third kappa shape index (κ3) is 4.68. The van der Waals surface area contributed by atoms with Crippen LogP contribution in [0.4, 0.5) is 5.13 Å². The van der Waals surface area contributed by atoms with Crippen molar-refractivity contribution in [2.75, 3.05) is 5.32 Å². The lowest BCUT2D eigenvalue weighted by Crippen LogP contribution is -2.21. The van der Waals surface area contributed by atoms with Gasteiger partial charge in [-0.2, -0.15) is 0 Å². The van der Waals surface area contributed by atoms with Crippen LogP contribution in [0.5, 0.6) is 0 Å². The molecule has 0 atom stereocenters. The Bertz CT molecular complexity index is 1200. The van der Waals surface area contributed by atoms with E-state index in [-0.39, 0.29) is 11.3 Å². The molecule has 0 bridgehead atoms. The summed E-state index contributed by atoms with van der Waals surface area (Å²) in [6.45, 7) is 9.21. The second-order valence-corrected chi connectivity index (χ2v) is 10.7. The van der Waals surface area contributed by atoms with Crippen LogP contribution in [0.25, 0.3) is 16.3 Å². The molecule has 31 heavy (non-hydrogen) atoms. The zero-order chi connectivity index (χ0) is 22.2. The Balaban J connectivity index is 1.51. The summed E-state index contributed by atoms with van der Waals surface area (Å²) >= 11 is 4.95. The van der Waals surface area contributed by atoms with E-state index in [1.807, 2.05) is 42.5 Å². The van der Waals surface area contributed by atoms with Crippen LogP contribution in [0.15, 0.2) is 63.7 Å². The Morgan fingerprint density at radius 2 is 1.97 bits per heavy atom. The molecule has 3 aromatic rings. The molecule has 5 heteroatoms. The van der Waals surface area contributed by atoms with Gasteiger partial charge in [-0.3, -0.25) is 10.1 Å². The largest absolute Gasteiger partial charge is 0.298 e. The number of nitrogens with zero attached hydrogens (tertiary/aromatic N) is 1. The highest BCUT2D eigenvalue weighted by molar-refractivity contribution is 9.10. The molecule has 1 aliphatic rings. The summed E-state index contributed by atoms with van der Waals surface area (Å²) in [6, 6.07) is 13.7. The van der Waals surface area contributed by atoms with E-state index < -0.39 is 0 Å². The number of hydrogen-bond donors (Lipinski definition) is 1. The number of carbonyl (C=O) groups excluding carboxylic acids is 1. The molecule has 1 aliphatic carbocycles. The predicted octanol–water partition coefficient (Wildman–Crippen LogP) is 8.24. The number of aromatic nitrogens is 1. The number of fused-ring (bicyclic) bond motifs is 1. The van der Waals surface area contributed by atoms with Crippen molar-refractivity contribution in [3.8, 4) is 0 Å². The molecule has 0 unspecified atom stereocenters. The lowest BCUT2D eigenvalue weighted by molar-refractivity contribution is 0.102. The van der Waals surface area contributed by atoms with E-state index in [4.69, 9.17) is 0 Å². The van der Waals surface area contributed by atoms with Crippen LogP contribution < -0.4 is 5.32 Å². The van der Waals surface area contributed by atoms with Crippen LogP contribution in [-0.4, -0.2) is 10.9 Å². The Kier molecular flexibility index (Phi) is 6.18. The zero-order valence-electron chi connectivity index (χ0n) is 18.4. The molecular formula is C26H27BrN2OS. The van der Waals surface area contributed by atoms with Gasteiger partial charge in [-0.05, 0) is 78.6 Å². The van der Waals surface area contributed by atoms with Crippen LogP contribution in [0.1, 0.15) is 62.9 Å². The topological polar surface area (TPSA) is 42.0 Å². The van der Waals surface area contributed by atoms with Crippen molar-refractivity contribution in [2.45, 2.75) is 47.0 Å². The zero-order valence-corrected chi connectivity index (χ0v) is 20.8. The van der Waals surface area contributed by atoms with Gasteiger partial charge < -0.3 is 0 Å². The normalized spacial score (nSPS) is 17.4. The first-order valence-electron chi connectivity index (χ1n) is 10.7. The smallest absolute Gasteiger partial charge is 0.257 e. The van der Waals surface area contributed by atoms with E-state index >= 15 is 0 Å². The molecular weight excluding hydrogens is 468 g/mol. The molecule has 160 valence electrons. The highest BCUT2D eigenvalue weighted by Crippen LogP contribution is 2.44. The van der Waals surface area contributed by atoms with Gasteiger partial charge in [-0.15, -0.1) is 0 Å². The number of amides is 1. The molecule has 0 radical (unpaired) electrons. The lowest BCUT2D eigenvalue weighted by Gasteiger charge is -2.35. The fourth-order valence-electron chi connectivity index (χ4n) is 4.46. The summed E-state index contributed by atoms with van der Waals surface area (Å²) in [6.07, 6.45) is 5.64. The quantitative estimate of drug-likeness (QED) is 0.396. The number of carbonyl (C=O) groups is 1. The highest BCUT2D eigenvalue weighted by atomic mass is 79.9. The number of nitrogens with one attached hydrogen (secondary N) is 1. The van der Waals surface area contributed by atoms with Crippen molar-refractivity contribution in [1.29, 1.82) is 0 Å². The number of halogens is 1. The van der Waals surface area contributed by atoms with Crippen molar-refractivity contribution in [3.05, 3.63) is 74.8 Å². The Morgan fingerprint density at radius 1 is 1.23 bits per heavy atom. The molecule has 1 aromatic heterocycles. The summed E-state index contributed by atoms with van der Waals surface area (Å²) in [5, 5.41) is 3.54. The molecule has 3 nitrogen and oxygen atoms in total. The molecule has 0 spiro atoms. The minimum atomic E-state index is -0.138. The number of benzene rings is 2. The van der Waals surface area contributed by atoms with Crippen LogP contribution in [-0.2, 0) is 0 Å². The average Bonchev–Trinajstić information content (AvgIpc) is 3.12. The average molecular weight is 495 g/mol. The van der Waals surface area contributed by atoms with Gasteiger partial charge in [0, 0.05) is 10.0 Å². The molecule has 4 rings (SSSR count). The Hall–Kier alpha value is -2.24. The molecule has 1 heterocycles. The Morgan fingerprint density at radius 3 is 2.68 bits per heavy atom. The Labute approximate surface area is 196 Å². The maximum Gasteiger partial charge on any atom is 0.257 e. The monoisotopic (exact) mass is 494 g/mol. The second-order valence-electron chi connectivity index (χ2n) is 8.72. The van der Waals surface area contributed by atoms with Crippen molar-refractivity contribution >= 4 is 54.6 Å². The van der Waals surface area contributed by atoms with Crippen molar-refractivity contribution in [1.82, 2.24) is 4.98 Å². The van der Waals surface area contributed by atoms with Crippen molar-refractivity contribution < 1.29 is 4.79 Å². The molecule has 0 fully saturated rings. The molecule has 0 saturated carbocycles. The minimum Gasteiger partial charge on any atom is -0.298 e. The number of hydrogen-bond acceptors (Lipinski definition) is 3. The van der Waals surface area contributed by atoms with E-state index in [0.717, 1.165) is 33.1 Å².